The molecule has 0 saturated carbocycles. The van der Waals surface area contributed by atoms with Gasteiger partial charge in [-0.3, -0.25) is 0 Å². The van der Waals surface area contributed by atoms with Crippen molar-refractivity contribution < 1.29 is 4.74 Å². The minimum Gasteiger partial charge on any atom is -0.491 e. The van der Waals surface area contributed by atoms with Crippen LogP contribution in [0, 0.1) is 6.92 Å². The zero-order chi connectivity index (χ0) is 14.7. The summed E-state index contributed by atoms with van der Waals surface area (Å²) < 4.78 is 6.89. The van der Waals surface area contributed by atoms with Crippen molar-refractivity contribution in [1.29, 1.82) is 0 Å². The van der Waals surface area contributed by atoms with E-state index in [1.54, 1.807) is 11.3 Å². The number of halogens is 1. The molecule has 1 aromatic heterocycles. The number of hydrogen-bond acceptors (Lipinski definition) is 3. The monoisotopic (exact) mass is 353 g/mol. The Kier molecular flexibility index (Phi) is 5.24. The summed E-state index contributed by atoms with van der Waals surface area (Å²) in [6.45, 7) is 6.20. The van der Waals surface area contributed by atoms with Crippen molar-refractivity contribution in [1.82, 2.24) is 5.32 Å². The maximum atomic E-state index is 5.69. The highest BCUT2D eigenvalue weighted by Gasteiger charge is 2.15. The van der Waals surface area contributed by atoms with E-state index in [4.69, 9.17) is 4.74 Å². The van der Waals surface area contributed by atoms with Crippen molar-refractivity contribution in [3.05, 3.63) is 50.1 Å². The summed E-state index contributed by atoms with van der Waals surface area (Å²) in [6.07, 6.45) is 0.205. The summed E-state index contributed by atoms with van der Waals surface area (Å²) in [5, 5.41) is 3.38. The first-order chi connectivity index (χ1) is 9.51. The largest absolute Gasteiger partial charge is 0.491 e. The predicted octanol–water partition coefficient (Wildman–Crippen LogP) is 4.92. The first kappa shape index (κ1) is 15.5. The Morgan fingerprint density at radius 3 is 2.30 bits per heavy atom. The summed E-state index contributed by atoms with van der Waals surface area (Å²) in [7, 11) is 1.99. The van der Waals surface area contributed by atoms with Crippen LogP contribution in [0.15, 0.2) is 34.1 Å². The molecule has 0 aliphatic carbocycles. The molecule has 0 saturated heterocycles. The molecule has 1 N–H and O–H groups in total. The minimum atomic E-state index is 0.205. The van der Waals surface area contributed by atoms with Gasteiger partial charge in [-0.15, -0.1) is 11.3 Å². The molecule has 2 rings (SSSR count). The first-order valence-electron chi connectivity index (χ1n) is 6.71. The molecule has 2 aromatic rings. The molecule has 0 aliphatic heterocycles. The molecule has 0 radical (unpaired) electrons. The average Bonchev–Trinajstić information content (AvgIpc) is 2.72. The average molecular weight is 354 g/mol. The molecule has 0 fully saturated rings. The number of nitrogens with one attached hydrogen (secondary N) is 1. The van der Waals surface area contributed by atoms with E-state index in [9.17, 15) is 0 Å². The fraction of sp³-hybridized carbons (Fsp3) is 0.375. The van der Waals surface area contributed by atoms with Crippen LogP contribution in [-0.4, -0.2) is 13.2 Å². The first-order valence-corrected chi connectivity index (χ1v) is 8.32. The number of rotatable bonds is 5. The van der Waals surface area contributed by atoms with Gasteiger partial charge in [0.25, 0.3) is 0 Å². The molecule has 0 amide bonds. The second-order valence-corrected chi connectivity index (χ2v) is 7.46. The minimum absolute atomic E-state index is 0.205. The molecule has 1 heterocycles. The Morgan fingerprint density at radius 1 is 1.20 bits per heavy atom. The normalized spacial score (nSPS) is 12.7. The third kappa shape index (κ3) is 3.62. The molecule has 1 unspecified atom stereocenters. The topological polar surface area (TPSA) is 21.3 Å². The van der Waals surface area contributed by atoms with E-state index in [0.717, 1.165) is 5.75 Å². The number of hydrogen-bond donors (Lipinski definition) is 1. The van der Waals surface area contributed by atoms with Crippen LogP contribution in [0.1, 0.15) is 35.9 Å². The molecule has 2 nitrogen and oxygen atoms in total. The lowest BCUT2D eigenvalue weighted by atomic mass is 10.0. The van der Waals surface area contributed by atoms with Crippen LogP contribution in [0.5, 0.6) is 5.75 Å². The number of thiophene rings is 1. The van der Waals surface area contributed by atoms with Gasteiger partial charge < -0.3 is 10.1 Å². The third-order valence-electron chi connectivity index (χ3n) is 3.03. The predicted molar refractivity (Wildman–Crippen MR) is 89.9 cm³/mol. The highest BCUT2D eigenvalue weighted by atomic mass is 79.9. The van der Waals surface area contributed by atoms with E-state index >= 15 is 0 Å². The molecular formula is C16H20BrNOS. The summed E-state index contributed by atoms with van der Waals surface area (Å²) >= 11 is 5.38. The summed E-state index contributed by atoms with van der Waals surface area (Å²) in [5.41, 5.74) is 2.53. The van der Waals surface area contributed by atoms with Crippen molar-refractivity contribution in [2.45, 2.75) is 32.9 Å². The molecular weight excluding hydrogens is 334 g/mol. The molecule has 1 atom stereocenters. The Balaban J connectivity index is 2.23. The van der Waals surface area contributed by atoms with E-state index in [2.05, 4.69) is 46.4 Å². The van der Waals surface area contributed by atoms with E-state index in [-0.39, 0.29) is 12.1 Å². The van der Waals surface area contributed by atoms with E-state index in [1.165, 1.54) is 19.8 Å². The Morgan fingerprint density at radius 2 is 1.85 bits per heavy atom. The van der Waals surface area contributed by atoms with Gasteiger partial charge in [-0.25, -0.2) is 0 Å². The van der Waals surface area contributed by atoms with E-state index in [1.807, 2.05) is 33.0 Å². The fourth-order valence-corrected chi connectivity index (χ4v) is 3.82. The van der Waals surface area contributed by atoms with Crippen LogP contribution in [0.2, 0.25) is 0 Å². The molecule has 1 aromatic carbocycles. The summed E-state index contributed by atoms with van der Waals surface area (Å²) in [4.78, 5) is 1.31. The van der Waals surface area contributed by atoms with Crippen LogP contribution in [0.3, 0.4) is 0 Å². The molecule has 0 bridgehead atoms. The van der Waals surface area contributed by atoms with Crippen LogP contribution in [-0.2, 0) is 0 Å². The quantitative estimate of drug-likeness (QED) is 0.823. The lowest BCUT2D eigenvalue weighted by molar-refractivity contribution is 0.242. The maximum Gasteiger partial charge on any atom is 0.119 e. The zero-order valence-electron chi connectivity index (χ0n) is 12.2. The standard InChI is InChI=1S/C16H20BrNOS/c1-10(2)19-13-7-5-12(6-8-13)15(18-4)14-9-11(3)16(17)20-14/h5-10,15,18H,1-4H3. The van der Waals surface area contributed by atoms with Gasteiger partial charge >= 0.3 is 0 Å². The van der Waals surface area contributed by atoms with Crippen molar-refractivity contribution >= 4 is 27.3 Å². The Hall–Kier alpha value is -0.840. The zero-order valence-corrected chi connectivity index (χ0v) is 14.6. The van der Waals surface area contributed by atoms with Gasteiger partial charge in [0.1, 0.15) is 5.75 Å². The number of ether oxygens (including phenoxy) is 1. The third-order valence-corrected chi connectivity index (χ3v) is 5.24. The van der Waals surface area contributed by atoms with Crippen molar-refractivity contribution in [2.24, 2.45) is 0 Å². The van der Waals surface area contributed by atoms with Crippen molar-refractivity contribution in [3.63, 3.8) is 0 Å². The van der Waals surface area contributed by atoms with Gasteiger partial charge in [-0.1, -0.05) is 12.1 Å². The SMILES string of the molecule is CNC(c1ccc(OC(C)C)cc1)c1cc(C)c(Br)s1. The van der Waals surface area contributed by atoms with Gasteiger partial charge in [-0.05, 0) is 73.1 Å². The Bertz CT molecular complexity index is 543. The van der Waals surface area contributed by atoms with Gasteiger partial charge in [0, 0.05) is 4.88 Å². The molecule has 4 heteroatoms. The number of aryl methyl sites for hydroxylation is 1. The highest BCUT2D eigenvalue weighted by molar-refractivity contribution is 9.11. The second kappa shape index (κ2) is 6.74. The fourth-order valence-electron chi connectivity index (χ4n) is 2.11. The second-order valence-electron chi connectivity index (χ2n) is 5.06. The van der Waals surface area contributed by atoms with Gasteiger partial charge in [0.05, 0.1) is 15.9 Å². The molecule has 20 heavy (non-hydrogen) atoms. The molecule has 0 aliphatic rings. The molecule has 0 spiro atoms. The molecule has 108 valence electrons. The van der Waals surface area contributed by atoms with Gasteiger partial charge in [0.15, 0.2) is 0 Å². The van der Waals surface area contributed by atoms with Crippen molar-refractivity contribution in [3.8, 4) is 5.75 Å². The lowest BCUT2D eigenvalue weighted by Gasteiger charge is -2.16. The highest BCUT2D eigenvalue weighted by Crippen LogP contribution is 2.34. The van der Waals surface area contributed by atoms with Crippen LogP contribution in [0.4, 0.5) is 0 Å². The van der Waals surface area contributed by atoms with Crippen LogP contribution < -0.4 is 10.1 Å². The lowest BCUT2D eigenvalue weighted by Crippen LogP contribution is -2.16. The van der Waals surface area contributed by atoms with E-state index in [0.29, 0.717) is 0 Å². The summed E-state index contributed by atoms with van der Waals surface area (Å²) in [6, 6.07) is 10.8. The van der Waals surface area contributed by atoms with E-state index < -0.39 is 0 Å². The van der Waals surface area contributed by atoms with Crippen molar-refractivity contribution in [2.75, 3.05) is 7.05 Å². The van der Waals surface area contributed by atoms with Gasteiger partial charge in [-0.2, -0.15) is 0 Å². The van der Waals surface area contributed by atoms with Crippen LogP contribution >= 0.6 is 27.3 Å². The summed E-state index contributed by atoms with van der Waals surface area (Å²) in [5.74, 6) is 0.919. The number of benzene rings is 1. The van der Waals surface area contributed by atoms with Gasteiger partial charge in [0.2, 0.25) is 0 Å². The smallest absolute Gasteiger partial charge is 0.119 e. The Labute approximate surface area is 133 Å². The maximum absolute atomic E-state index is 5.69. The van der Waals surface area contributed by atoms with Crippen LogP contribution in [0.25, 0.3) is 0 Å².